The van der Waals surface area contributed by atoms with E-state index in [1.165, 1.54) is 24.0 Å². The molecule has 1 saturated carbocycles. The maximum atomic E-state index is 5.70. The second-order valence-corrected chi connectivity index (χ2v) is 7.11. The van der Waals surface area contributed by atoms with Crippen molar-refractivity contribution < 1.29 is 4.74 Å². The van der Waals surface area contributed by atoms with Crippen molar-refractivity contribution in [3.8, 4) is 5.75 Å². The van der Waals surface area contributed by atoms with Gasteiger partial charge in [0.2, 0.25) is 0 Å². The Bertz CT molecular complexity index is 640. The Morgan fingerprint density at radius 2 is 1.50 bits per heavy atom. The minimum atomic E-state index is 0.217. The van der Waals surface area contributed by atoms with Gasteiger partial charge >= 0.3 is 0 Å². The molecule has 0 atom stereocenters. The zero-order valence-corrected chi connectivity index (χ0v) is 15.4. The zero-order valence-electron chi connectivity index (χ0n) is 12.3. The van der Waals surface area contributed by atoms with E-state index in [9.17, 15) is 0 Å². The third-order valence-electron chi connectivity index (χ3n) is 4.16. The Morgan fingerprint density at radius 1 is 0.909 bits per heavy atom. The first-order chi connectivity index (χ1) is 10.7. The summed E-state index contributed by atoms with van der Waals surface area (Å²) in [7, 11) is 0. The van der Waals surface area contributed by atoms with Crippen LogP contribution in [0.5, 0.6) is 5.75 Å². The van der Waals surface area contributed by atoms with Crippen LogP contribution in [-0.4, -0.2) is 11.9 Å². The molecule has 2 aromatic carbocycles. The van der Waals surface area contributed by atoms with Crippen molar-refractivity contribution in [3.05, 3.63) is 76.3 Å². The van der Waals surface area contributed by atoms with Crippen LogP contribution in [0.3, 0.4) is 0 Å². The van der Waals surface area contributed by atoms with Crippen LogP contribution >= 0.6 is 31.9 Å². The molecule has 0 unspecified atom stereocenters. The number of rotatable bonds is 6. The predicted octanol–water partition coefficient (Wildman–Crippen LogP) is 5.86. The average molecular weight is 422 g/mol. The molecular formula is C19H18Br2O. The molecule has 0 N–H and O–H groups in total. The fraction of sp³-hybridized carbons (Fsp3) is 0.263. The number of alkyl halides is 1. The van der Waals surface area contributed by atoms with Gasteiger partial charge in [-0.15, -0.1) is 0 Å². The normalized spacial score (nSPS) is 15.9. The van der Waals surface area contributed by atoms with Crippen LogP contribution in [0.1, 0.15) is 24.0 Å². The lowest BCUT2D eigenvalue weighted by atomic mass is 9.88. The quantitative estimate of drug-likeness (QED) is 0.419. The zero-order chi connectivity index (χ0) is 15.4. The van der Waals surface area contributed by atoms with Gasteiger partial charge in [0, 0.05) is 15.2 Å². The molecule has 2 aromatic rings. The van der Waals surface area contributed by atoms with E-state index in [1.54, 1.807) is 0 Å². The smallest absolute Gasteiger partial charge is 0.119 e. The third-order valence-corrected chi connectivity index (χ3v) is 5.06. The lowest BCUT2D eigenvalue weighted by Crippen LogP contribution is -2.08. The highest BCUT2D eigenvalue weighted by Crippen LogP contribution is 2.53. The van der Waals surface area contributed by atoms with E-state index in [2.05, 4.69) is 80.4 Å². The fourth-order valence-corrected chi connectivity index (χ4v) is 3.31. The van der Waals surface area contributed by atoms with Crippen molar-refractivity contribution >= 4 is 31.9 Å². The molecule has 1 aliphatic rings. The van der Waals surface area contributed by atoms with Gasteiger partial charge in [0.1, 0.15) is 12.4 Å². The number of allylic oxidation sites excluding steroid dienone is 1. The van der Waals surface area contributed by atoms with Gasteiger partial charge < -0.3 is 4.74 Å². The molecule has 0 heterocycles. The molecule has 0 bridgehead atoms. The molecule has 0 aromatic heterocycles. The first-order valence-corrected chi connectivity index (χ1v) is 9.36. The van der Waals surface area contributed by atoms with Crippen LogP contribution in [0.4, 0.5) is 0 Å². The van der Waals surface area contributed by atoms with Crippen molar-refractivity contribution in [2.75, 3.05) is 11.9 Å². The molecule has 1 aliphatic carbocycles. The lowest BCUT2D eigenvalue weighted by molar-refractivity contribution is 0.362. The molecule has 114 valence electrons. The third kappa shape index (κ3) is 3.47. The molecule has 0 radical (unpaired) electrons. The number of ether oxygens (including phenoxy) is 1. The van der Waals surface area contributed by atoms with E-state index < -0.39 is 0 Å². The Kier molecular flexibility index (Phi) is 5.04. The minimum Gasteiger partial charge on any atom is -0.490 e. The Balaban J connectivity index is 1.72. The number of benzene rings is 2. The molecule has 1 fully saturated rings. The molecule has 3 rings (SSSR count). The van der Waals surface area contributed by atoms with Crippen molar-refractivity contribution in [3.63, 3.8) is 0 Å². The van der Waals surface area contributed by atoms with Gasteiger partial charge in [0.15, 0.2) is 0 Å². The van der Waals surface area contributed by atoms with Crippen molar-refractivity contribution in [2.45, 2.75) is 18.3 Å². The largest absolute Gasteiger partial charge is 0.490 e. The van der Waals surface area contributed by atoms with Gasteiger partial charge in [0.05, 0.1) is 0 Å². The van der Waals surface area contributed by atoms with Gasteiger partial charge in [-0.2, -0.15) is 0 Å². The lowest BCUT2D eigenvalue weighted by Gasteiger charge is -2.17. The Labute approximate surface area is 148 Å². The molecule has 0 saturated heterocycles. The molecule has 0 amide bonds. The van der Waals surface area contributed by atoms with E-state index in [4.69, 9.17) is 4.74 Å². The van der Waals surface area contributed by atoms with Crippen molar-refractivity contribution in [1.29, 1.82) is 0 Å². The second-order valence-electron chi connectivity index (χ2n) is 5.55. The predicted molar refractivity (Wildman–Crippen MR) is 99.0 cm³/mol. The van der Waals surface area contributed by atoms with Gasteiger partial charge in [-0.1, -0.05) is 68.3 Å². The summed E-state index contributed by atoms with van der Waals surface area (Å²) in [6, 6.07) is 17.3. The van der Waals surface area contributed by atoms with Gasteiger partial charge in [0.25, 0.3) is 0 Å². The Hall–Kier alpha value is -1.06. The molecule has 22 heavy (non-hydrogen) atoms. The highest BCUT2D eigenvalue weighted by atomic mass is 79.9. The summed E-state index contributed by atoms with van der Waals surface area (Å²) in [6.07, 6.45) is 6.51. The summed E-state index contributed by atoms with van der Waals surface area (Å²) in [6.45, 7) is 0.614. The molecule has 0 spiro atoms. The van der Waals surface area contributed by atoms with Gasteiger partial charge in [-0.05, 0) is 48.2 Å². The van der Waals surface area contributed by atoms with Crippen LogP contribution < -0.4 is 4.74 Å². The van der Waals surface area contributed by atoms with Crippen LogP contribution in [0, 0.1) is 0 Å². The number of hydrogen-bond acceptors (Lipinski definition) is 1. The molecular weight excluding hydrogens is 404 g/mol. The van der Waals surface area contributed by atoms with Crippen LogP contribution in [0.15, 0.2) is 65.2 Å². The standard InChI is InChI=1S/C19H18Br2O/c20-13-1-2-14-22-18-9-5-16(6-10-18)19(11-12-19)15-3-7-17(21)8-4-15/h1-10H,11-14H2. The first kappa shape index (κ1) is 15.8. The number of halogens is 2. The monoisotopic (exact) mass is 420 g/mol. The summed E-state index contributed by atoms with van der Waals surface area (Å²) in [5.41, 5.74) is 3.01. The summed E-state index contributed by atoms with van der Waals surface area (Å²) in [4.78, 5) is 0. The SMILES string of the molecule is BrCC=CCOc1ccc(C2(c3ccc(Br)cc3)CC2)cc1. The fourth-order valence-electron chi connectivity index (χ4n) is 2.78. The topological polar surface area (TPSA) is 9.23 Å². The maximum Gasteiger partial charge on any atom is 0.119 e. The molecule has 0 aliphatic heterocycles. The van der Waals surface area contributed by atoms with Crippen LogP contribution in [0.25, 0.3) is 0 Å². The first-order valence-electron chi connectivity index (χ1n) is 7.45. The van der Waals surface area contributed by atoms with Gasteiger partial charge in [-0.25, -0.2) is 0 Å². The molecule has 3 heteroatoms. The highest BCUT2D eigenvalue weighted by Gasteiger charge is 2.45. The van der Waals surface area contributed by atoms with Crippen LogP contribution in [-0.2, 0) is 5.41 Å². The summed E-state index contributed by atoms with van der Waals surface area (Å²) < 4.78 is 6.84. The van der Waals surface area contributed by atoms with E-state index in [1.807, 2.05) is 12.2 Å². The number of hydrogen-bond donors (Lipinski definition) is 0. The minimum absolute atomic E-state index is 0.217. The van der Waals surface area contributed by atoms with Gasteiger partial charge in [-0.3, -0.25) is 0 Å². The summed E-state index contributed by atoms with van der Waals surface area (Å²) >= 11 is 6.86. The van der Waals surface area contributed by atoms with Crippen molar-refractivity contribution in [2.24, 2.45) is 0 Å². The van der Waals surface area contributed by atoms with E-state index >= 15 is 0 Å². The van der Waals surface area contributed by atoms with E-state index in [-0.39, 0.29) is 5.41 Å². The van der Waals surface area contributed by atoms with E-state index in [0.717, 1.165) is 15.6 Å². The molecule has 1 nitrogen and oxygen atoms in total. The average Bonchev–Trinajstić information content (AvgIpc) is 3.35. The second kappa shape index (κ2) is 7.01. The van der Waals surface area contributed by atoms with Crippen LogP contribution in [0.2, 0.25) is 0 Å². The maximum absolute atomic E-state index is 5.70. The van der Waals surface area contributed by atoms with E-state index in [0.29, 0.717) is 6.61 Å². The highest BCUT2D eigenvalue weighted by molar-refractivity contribution is 9.10. The Morgan fingerprint density at radius 3 is 2.05 bits per heavy atom. The summed E-state index contributed by atoms with van der Waals surface area (Å²) in [5, 5.41) is 0.866. The summed E-state index contributed by atoms with van der Waals surface area (Å²) in [5.74, 6) is 0.926. The van der Waals surface area contributed by atoms with Crippen molar-refractivity contribution in [1.82, 2.24) is 0 Å².